The lowest BCUT2D eigenvalue weighted by Gasteiger charge is -2.12. The van der Waals surface area contributed by atoms with Crippen LogP contribution in [0.3, 0.4) is 0 Å². The fraction of sp³-hybridized carbons (Fsp3) is 0.455. The second-order valence-electron chi connectivity index (χ2n) is 4.16. The summed E-state index contributed by atoms with van der Waals surface area (Å²) in [5.74, 6) is -2.43. The van der Waals surface area contributed by atoms with Gasteiger partial charge >= 0.3 is 5.97 Å². The van der Waals surface area contributed by atoms with Gasteiger partial charge in [-0.1, -0.05) is 0 Å². The van der Waals surface area contributed by atoms with E-state index in [2.05, 4.69) is 10.4 Å². The third-order valence-corrected chi connectivity index (χ3v) is 2.63. The van der Waals surface area contributed by atoms with Gasteiger partial charge in [-0.3, -0.25) is 14.3 Å². The summed E-state index contributed by atoms with van der Waals surface area (Å²) < 4.78 is 1.51. The van der Waals surface area contributed by atoms with E-state index in [1.807, 2.05) is 0 Å². The molecule has 0 radical (unpaired) electrons. The number of rotatable bonds is 6. The van der Waals surface area contributed by atoms with E-state index in [0.29, 0.717) is 0 Å². The SMILES string of the molecule is Cc1cc(C(=O)NC(CCC(N)=O)C(=O)O)nn1C. The molecule has 0 bridgehead atoms. The molecule has 1 atom stereocenters. The highest BCUT2D eigenvalue weighted by Crippen LogP contribution is 2.03. The average Bonchev–Trinajstić information content (AvgIpc) is 2.64. The fourth-order valence-electron chi connectivity index (χ4n) is 1.45. The Morgan fingerprint density at radius 3 is 2.58 bits per heavy atom. The van der Waals surface area contributed by atoms with Crippen molar-refractivity contribution in [3.05, 3.63) is 17.5 Å². The molecule has 19 heavy (non-hydrogen) atoms. The molecule has 0 fully saturated rings. The lowest BCUT2D eigenvalue weighted by Crippen LogP contribution is -2.41. The van der Waals surface area contributed by atoms with Crippen LogP contribution in [0.15, 0.2) is 6.07 Å². The summed E-state index contributed by atoms with van der Waals surface area (Å²) in [7, 11) is 1.67. The molecular weight excluding hydrogens is 252 g/mol. The van der Waals surface area contributed by atoms with Crippen LogP contribution in [0.2, 0.25) is 0 Å². The van der Waals surface area contributed by atoms with Gasteiger partial charge in [0.25, 0.3) is 5.91 Å². The number of aromatic nitrogens is 2. The Balaban J connectivity index is 2.71. The standard InChI is InChI=1S/C11H16N4O4/c1-6-5-8(14-15(6)2)10(17)13-7(11(18)19)3-4-9(12)16/h5,7H,3-4H2,1-2H3,(H2,12,16)(H,13,17)(H,18,19). The van der Waals surface area contributed by atoms with Gasteiger partial charge in [0.05, 0.1) is 0 Å². The number of hydrogen-bond acceptors (Lipinski definition) is 4. The highest BCUT2D eigenvalue weighted by atomic mass is 16.4. The van der Waals surface area contributed by atoms with Crippen molar-refractivity contribution in [2.75, 3.05) is 0 Å². The van der Waals surface area contributed by atoms with Crippen LogP contribution in [-0.4, -0.2) is 38.7 Å². The molecule has 0 spiro atoms. The van der Waals surface area contributed by atoms with Gasteiger partial charge in [-0.25, -0.2) is 4.79 Å². The Morgan fingerprint density at radius 1 is 1.53 bits per heavy atom. The number of carboxylic acids is 1. The number of nitrogens with two attached hydrogens (primary N) is 1. The molecule has 8 nitrogen and oxygen atoms in total. The molecule has 1 aromatic heterocycles. The second-order valence-corrected chi connectivity index (χ2v) is 4.16. The lowest BCUT2D eigenvalue weighted by molar-refractivity contribution is -0.139. The van der Waals surface area contributed by atoms with Gasteiger partial charge in [0.2, 0.25) is 5.91 Å². The molecule has 4 N–H and O–H groups in total. The monoisotopic (exact) mass is 268 g/mol. The number of amides is 2. The Labute approximate surface area is 109 Å². The van der Waals surface area contributed by atoms with Crippen LogP contribution in [0.1, 0.15) is 29.0 Å². The smallest absolute Gasteiger partial charge is 0.326 e. The Hall–Kier alpha value is -2.38. The van der Waals surface area contributed by atoms with Crippen molar-refractivity contribution >= 4 is 17.8 Å². The second kappa shape index (κ2) is 5.98. The number of carbonyl (C=O) groups is 3. The lowest BCUT2D eigenvalue weighted by atomic mass is 10.1. The number of primary amides is 1. The van der Waals surface area contributed by atoms with Gasteiger partial charge in [0.15, 0.2) is 0 Å². The quantitative estimate of drug-likeness (QED) is 0.621. The molecule has 0 saturated heterocycles. The number of carbonyl (C=O) groups excluding carboxylic acids is 2. The van der Waals surface area contributed by atoms with Crippen LogP contribution in [0.25, 0.3) is 0 Å². The van der Waals surface area contributed by atoms with E-state index in [1.54, 1.807) is 20.0 Å². The third kappa shape index (κ3) is 4.09. The highest BCUT2D eigenvalue weighted by molar-refractivity contribution is 5.95. The van der Waals surface area contributed by atoms with Crippen molar-refractivity contribution in [3.8, 4) is 0 Å². The number of hydrogen-bond donors (Lipinski definition) is 3. The number of carboxylic acid groups (broad SMARTS) is 1. The first-order valence-corrected chi connectivity index (χ1v) is 5.64. The van der Waals surface area contributed by atoms with Crippen LogP contribution in [0, 0.1) is 6.92 Å². The van der Waals surface area contributed by atoms with E-state index >= 15 is 0 Å². The maximum absolute atomic E-state index is 11.8. The minimum absolute atomic E-state index is 0.0534. The van der Waals surface area contributed by atoms with Crippen LogP contribution >= 0.6 is 0 Å². The number of aryl methyl sites for hydroxylation is 2. The van der Waals surface area contributed by atoms with Crippen LogP contribution < -0.4 is 11.1 Å². The van der Waals surface area contributed by atoms with Gasteiger partial charge in [0, 0.05) is 19.2 Å². The molecule has 0 aliphatic heterocycles. The molecular formula is C11H16N4O4. The van der Waals surface area contributed by atoms with Crippen molar-refractivity contribution < 1.29 is 19.5 Å². The molecule has 0 aliphatic rings. The summed E-state index contributed by atoms with van der Waals surface area (Å²) >= 11 is 0. The molecule has 0 aliphatic carbocycles. The summed E-state index contributed by atoms with van der Waals surface area (Å²) in [5, 5.41) is 15.2. The Bertz CT molecular complexity index is 489. The maximum atomic E-state index is 11.8. The van der Waals surface area contributed by atoms with Crippen molar-refractivity contribution in [2.24, 2.45) is 12.8 Å². The highest BCUT2D eigenvalue weighted by Gasteiger charge is 2.22. The minimum atomic E-state index is -1.22. The molecule has 1 heterocycles. The Kier molecular flexibility index (Phi) is 4.62. The van der Waals surface area contributed by atoms with Gasteiger partial charge in [-0.15, -0.1) is 0 Å². The molecule has 1 rings (SSSR count). The average molecular weight is 268 g/mol. The number of aliphatic carboxylic acids is 1. The number of nitrogens with one attached hydrogen (secondary N) is 1. The van der Waals surface area contributed by atoms with Gasteiger partial charge in [-0.2, -0.15) is 5.10 Å². The van der Waals surface area contributed by atoms with Gasteiger partial charge < -0.3 is 16.2 Å². The summed E-state index contributed by atoms with van der Waals surface area (Å²) in [4.78, 5) is 33.4. The molecule has 104 valence electrons. The largest absolute Gasteiger partial charge is 0.480 e. The van der Waals surface area contributed by atoms with E-state index in [1.165, 1.54) is 4.68 Å². The van der Waals surface area contributed by atoms with E-state index in [9.17, 15) is 14.4 Å². The number of nitrogens with zero attached hydrogens (tertiary/aromatic N) is 2. The van der Waals surface area contributed by atoms with Crippen molar-refractivity contribution in [3.63, 3.8) is 0 Å². The van der Waals surface area contributed by atoms with Crippen LogP contribution in [0.5, 0.6) is 0 Å². The Morgan fingerprint density at radius 2 is 2.16 bits per heavy atom. The predicted molar refractivity (Wildman–Crippen MR) is 65.3 cm³/mol. The minimum Gasteiger partial charge on any atom is -0.480 e. The first kappa shape index (κ1) is 14.7. The van der Waals surface area contributed by atoms with E-state index < -0.39 is 23.8 Å². The molecule has 1 aromatic rings. The molecule has 2 amide bonds. The fourth-order valence-corrected chi connectivity index (χ4v) is 1.45. The third-order valence-electron chi connectivity index (χ3n) is 2.63. The first-order valence-electron chi connectivity index (χ1n) is 5.64. The normalized spacial score (nSPS) is 11.9. The summed E-state index contributed by atoms with van der Waals surface area (Å²) in [6, 6.07) is 0.379. The molecule has 1 unspecified atom stereocenters. The van der Waals surface area contributed by atoms with Crippen molar-refractivity contribution in [2.45, 2.75) is 25.8 Å². The van der Waals surface area contributed by atoms with E-state index in [-0.39, 0.29) is 18.5 Å². The van der Waals surface area contributed by atoms with Gasteiger partial charge in [0.1, 0.15) is 11.7 Å². The summed E-state index contributed by atoms with van der Waals surface area (Å²) in [5.41, 5.74) is 5.85. The van der Waals surface area contributed by atoms with E-state index in [4.69, 9.17) is 10.8 Å². The first-order chi connectivity index (χ1) is 8.81. The van der Waals surface area contributed by atoms with Gasteiger partial charge in [-0.05, 0) is 19.4 Å². The van der Waals surface area contributed by atoms with Crippen LogP contribution in [0.4, 0.5) is 0 Å². The van der Waals surface area contributed by atoms with Crippen molar-refractivity contribution in [1.29, 1.82) is 0 Å². The maximum Gasteiger partial charge on any atom is 0.326 e. The molecule has 0 aromatic carbocycles. The topological polar surface area (TPSA) is 127 Å². The molecule has 0 saturated carbocycles. The predicted octanol–water partition coefficient (Wildman–Crippen LogP) is -0.823. The zero-order chi connectivity index (χ0) is 14.6. The zero-order valence-electron chi connectivity index (χ0n) is 10.7. The van der Waals surface area contributed by atoms with Crippen molar-refractivity contribution in [1.82, 2.24) is 15.1 Å². The summed E-state index contributed by atoms with van der Waals surface area (Å²) in [6.45, 7) is 1.77. The summed E-state index contributed by atoms with van der Waals surface area (Å²) in [6.07, 6.45) is -0.166. The zero-order valence-corrected chi connectivity index (χ0v) is 10.7. The molecule has 8 heteroatoms. The van der Waals surface area contributed by atoms with E-state index in [0.717, 1.165) is 5.69 Å². The van der Waals surface area contributed by atoms with Crippen LogP contribution in [-0.2, 0) is 16.6 Å².